The second-order valence-corrected chi connectivity index (χ2v) is 2.51. The molecule has 0 spiro atoms. The van der Waals surface area contributed by atoms with Gasteiger partial charge in [-0.1, -0.05) is 0 Å². The highest BCUT2D eigenvalue weighted by Crippen LogP contribution is 2.44. The first kappa shape index (κ1) is 7.29. The van der Waals surface area contributed by atoms with Crippen LogP contribution in [0.2, 0.25) is 0 Å². The molecule has 3 N–H and O–H groups in total. The first-order valence-corrected chi connectivity index (χ1v) is 2.80. The summed E-state index contributed by atoms with van der Waals surface area (Å²) in [5, 5.41) is 9.01. The summed E-state index contributed by atoms with van der Waals surface area (Å²) in [6.45, 7) is 0. The van der Waals surface area contributed by atoms with Gasteiger partial charge in [0, 0.05) is 6.04 Å². The van der Waals surface area contributed by atoms with Gasteiger partial charge in [0.1, 0.15) is 5.60 Å². The maximum atomic E-state index is 12.1. The summed E-state index contributed by atoms with van der Waals surface area (Å²) in [7, 11) is 0. The zero-order valence-corrected chi connectivity index (χ0v) is 5.19. The number of hydrogen-bond donors (Lipinski definition) is 2. The van der Waals surface area contributed by atoms with Crippen molar-refractivity contribution in [2.45, 2.75) is 24.4 Å². The van der Waals surface area contributed by atoms with Crippen molar-refractivity contribution in [1.29, 1.82) is 0 Å². The average Bonchev–Trinajstić information content (AvgIpc) is 1.58. The van der Waals surface area contributed by atoms with Crippen LogP contribution >= 0.6 is 0 Å². The molecule has 4 heteroatoms. The Hall–Kier alpha value is -0.820. The van der Waals surface area contributed by atoms with Crippen molar-refractivity contribution in [2.75, 3.05) is 0 Å². The van der Waals surface area contributed by atoms with Crippen molar-refractivity contribution in [1.82, 2.24) is 0 Å². The second kappa shape index (κ2) is 1.83. The number of aliphatic hydroxyl groups is 1. The zero-order chi connectivity index (χ0) is 7.83. The highest BCUT2D eigenvalue weighted by molar-refractivity contribution is 5.20. The van der Waals surface area contributed by atoms with Crippen molar-refractivity contribution in [3.05, 3.63) is 0 Å². The Balaban J connectivity index is 2.55. The summed E-state index contributed by atoms with van der Waals surface area (Å²) in [6.07, 6.45) is -1.19. The van der Waals surface area contributed by atoms with Gasteiger partial charge in [0.15, 0.2) is 0 Å². The van der Waals surface area contributed by atoms with E-state index in [1.165, 1.54) is 0 Å². The van der Waals surface area contributed by atoms with Gasteiger partial charge in [-0.2, -0.15) is 0 Å². The van der Waals surface area contributed by atoms with Crippen LogP contribution in [-0.2, 0) is 0 Å². The minimum absolute atomic E-state index is 0.593. The van der Waals surface area contributed by atoms with Crippen molar-refractivity contribution >= 4 is 0 Å². The van der Waals surface area contributed by atoms with Crippen LogP contribution in [0.5, 0.6) is 0 Å². The normalized spacial score (nSPS) is 25.9. The lowest BCUT2D eigenvalue weighted by molar-refractivity contribution is -0.176. The Morgan fingerprint density at radius 2 is 1.90 bits per heavy atom. The molecule has 1 fully saturated rings. The van der Waals surface area contributed by atoms with Crippen molar-refractivity contribution in [3.8, 4) is 12.0 Å². The lowest BCUT2D eigenvalue weighted by Crippen LogP contribution is -2.50. The molecule has 0 aromatic heterocycles. The average molecular weight is 147 g/mol. The molecule has 1 saturated carbocycles. The fraction of sp³-hybridized carbons (Fsp3) is 0.667. The van der Waals surface area contributed by atoms with Gasteiger partial charge in [-0.3, -0.25) is 0 Å². The van der Waals surface area contributed by atoms with E-state index in [9.17, 15) is 8.78 Å². The third-order valence-corrected chi connectivity index (χ3v) is 1.41. The molecule has 1 rings (SSSR count). The highest BCUT2D eigenvalue weighted by Gasteiger charge is 2.55. The molecule has 0 amide bonds. The molecule has 0 unspecified atom stereocenters. The Morgan fingerprint density at radius 1 is 1.40 bits per heavy atom. The van der Waals surface area contributed by atoms with E-state index in [1.807, 2.05) is 6.04 Å². The number of alkyl halides is 2. The van der Waals surface area contributed by atoms with E-state index in [1.54, 1.807) is 0 Å². The van der Waals surface area contributed by atoms with Crippen molar-refractivity contribution in [2.24, 2.45) is 5.73 Å². The standard InChI is InChI=1S/C6H7F2NO/c7-6(8)3-5(10,4-6)1-2-9/h10H,3-4,9H2. The van der Waals surface area contributed by atoms with Crippen LogP contribution in [0.1, 0.15) is 12.8 Å². The molecule has 0 radical (unpaired) electrons. The van der Waals surface area contributed by atoms with Gasteiger partial charge in [0.2, 0.25) is 0 Å². The molecule has 0 heterocycles. The Morgan fingerprint density at radius 3 is 2.20 bits per heavy atom. The van der Waals surface area contributed by atoms with E-state index in [0.29, 0.717) is 0 Å². The minimum Gasteiger partial charge on any atom is -0.377 e. The predicted molar refractivity (Wildman–Crippen MR) is 31.1 cm³/mol. The molecule has 0 atom stereocenters. The smallest absolute Gasteiger partial charge is 0.255 e. The van der Waals surface area contributed by atoms with Crippen LogP contribution in [0.25, 0.3) is 0 Å². The first-order valence-electron chi connectivity index (χ1n) is 2.80. The van der Waals surface area contributed by atoms with E-state index in [0.717, 1.165) is 0 Å². The van der Waals surface area contributed by atoms with Crippen LogP contribution in [0.4, 0.5) is 8.78 Å². The topological polar surface area (TPSA) is 46.2 Å². The molecule has 56 valence electrons. The maximum absolute atomic E-state index is 12.1. The molecular weight excluding hydrogens is 140 g/mol. The van der Waals surface area contributed by atoms with Crippen molar-refractivity contribution in [3.63, 3.8) is 0 Å². The molecule has 1 aliphatic carbocycles. The lowest BCUT2D eigenvalue weighted by atomic mass is 9.77. The van der Waals surface area contributed by atoms with Gasteiger partial charge >= 0.3 is 0 Å². The van der Waals surface area contributed by atoms with Gasteiger partial charge in [0.25, 0.3) is 5.92 Å². The van der Waals surface area contributed by atoms with Gasteiger partial charge < -0.3 is 10.8 Å². The summed E-state index contributed by atoms with van der Waals surface area (Å²) >= 11 is 0. The molecule has 0 aliphatic heterocycles. The molecule has 0 bridgehead atoms. The monoisotopic (exact) mass is 147 g/mol. The van der Waals surface area contributed by atoms with Gasteiger partial charge in [-0.25, -0.2) is 8.78 Å². The van der Waals surface area contributed by atoms with Crippen molar-refractivity contribution < 1.29 is 13.9 Å². The summed E-state index contributed by atoms with van der Waals surface area (Å²) in [5.74, 6) is -0.634. The van der Waals surface area contributed by atoms with Crippen LogP contribution in [-0.4, -0.2) is 16.6 Å². The summed E-state index contributed by atoms with van der Waals surface area (Å²) < 4.78 is 24.2. The minimum atomic E-state index is -2.75. The predicted octanol–water partition coefficient (Wildman–Crippen LogP) is 0.0662. The third kappa shape index (κ3) is 1.19. The Bertz CT molecular complexity index is 196. The Kier molecular flexibility index (Phi) is 1.33. The summed E-state index contributed by atoms with van der Waals surface area (Å²) in [5.41, 5.74) is 3.22. The quantitative estimate of drug-likeness (QED) is 0.376. The van der Waals surface area contributed by atoms with Gasteiger partial charge in [-0.15, -0.1) is 0 Å². The Labute approximate surface area is 57.0 Å². The van der Waals surface area contributed by atoms with Gasteiger partial charge in [0.05, 0.1) is 12.8 Å². The third-order valence-electron chi connectivity index (χ3n) is 1.41. The fourth-order valence-corrected chi connectivity index (χ4v) is 1.03. The first-order chi connectivity index (χ1) is 4.47. The van der Waals surface area contributed by atoms with E-state index < -0.39 is 24.4 Å². The van der Waals surface area contributed by atoms with Crippen LogP contribution in [0.3, 0.4) is 0 Å². The largest absolute Gasteiger partial charge is 0.377 e. The van der Waals surface area contributed by atoms with Crippen LogP contribution in [0.15, 0.2) is 0 Å². The molecule has 0 aromatic rings. The number of rotatable bonds is 0. The zero-order valence-electron chi connectivity index (χ0n) is 5.19. The molecule has 0 aromatic carbocycles. The number of hydrogen-bond acceptors (Lipinski definition) is 2. The second-order valence-electron chi connectivity index (χ2n) is 2.51. The van der Waals surface area contributed by atoms with E-state index in [4.69, 9.17) is 10.8 Å². The number of halogens is 2. The lowest BCUT2D eigenvalue weighted by Gasteiger charge is -2.38. The van der Waals surface area contributed by atoms with E-state index in [-0.39, 0.29) is 0 Å². The fourth-order valence-electron chi connectivity index (χ4n) is 1.03. The maximum Gasteiger partial charge on any atom is 0.255 e. The SMILES string of the molecule is NC#CC1(O)CC(F)(F)C1. The molecular formula is C6H7F2NO. The van der Waals surface area contributed by atoms with E-state index >= 15 is 0 Å². The van der Waals surface area contributed by atoms with Gasteiger partial charge in [-0.05, 0) is 5.92 Å². The summed E-state index contributed by atoms with van der Waals surface area (Å²) in [6, 6.07) is 1.91. The molecule has 10 heavy (non-hydrogen) atoms. The van der Waals surface area contributed by atoms with Crippen LogP contribution in [0, 0.1) is 12.0 Å². The highest BCUT2D eigenvalue weighted by atomic mass is 19.3. The number of nitrogens with two attached hydrogens (primary N) is 1. The molecule has 0 saturated heterocycles. The molecule has 2 nitrogen and oxygen atoms in total. The van der Waals surface area contributed by atoms with E-state index in [2.05, 4.69) is 5.92 Å². The van der Waals surface area contributed by atoms with Crippen LogP contribution < -0.4 is 5.73 Å². The summed E-state index contributed by atoms with van der Waals surface area (Å²) in [4.78, 5) is 0. The molecule has 1 aliphatic rings.